The Bertz CT molecular complexity index is 117. The molecule has 0 bridgehead atoms. The van der Waals surface area contributed by atoms with Gasteiger partial charge in [0.1, 0.15) is 6.26 Å². The summed E-state index contributed by atoms with van der Waals surface area (Å²) in [5.74, 6) is 0. The van der Waals surface area contributed by atoms with Crippen molar-refractivity contribution in [2.45, 2.75) is 0 Å². The molecule has 1 heterocycles. The molecule has 1 aliphatic heterocycles. The van der Waals surface area contributed by atoms with Crippen LogP contribution in [0.15, 0.2) is 23.5 Å². The largest absolute Gasteiger partial charge is 0.297 e. The smallest absolute Gasteiger partial charge is 0.209 e. The molecule has 3 heteroatoms. The van der Waals surface area contributed by atoms with Crippen molar-refractivity contribution in [2.24, 2.45) is 0 Å². The van der Waals surface area contributed by atoms with Crippen LogP contribution in [0.4, 0.5) is 0 Å². The van der Waals surface area contributed by atoms with E-state index >= 15 is 0 Å². The van der Waals surface area contributed by atoms with Crippen LogP contribution in [0.3, 0.4) is 0 Å². The van der Waals surface area contributed by atoms with E-state index in [9.17, 15) is 0 Å². The third kappa shape index (κ3) is 1.16. The molecule has 7 heavy (non-hydrogen) atoms. The Kier molecular flexibility index (Phi) is 1.26. The summed E-state index contributed by atoms with van der Waals surface area (Å²) in [6.45, 7) is 0. The van der Waals surface area contributed by atoms with Crippen molar-refractivity contribution in [3.05, 3.63) is 23.5 Å². The van der Waals surface area contributed by atoms with Gasteiger partial charge in [0.25, 0.3) is 0 Å². The Morgan fingerprint density at radius 1 is 1.57 bits per heavy atom. The fraction of sp³-hybridized carbons (Fsp3) is 0. The zero-order chi connectivity index (χ0) is 5.11. The van der Waals surface area contributed by atoms with Crippen molar-refractivity contribution in [3.8, 4) is 0 Å². The summed E-state index contributed by atoms with van der Waals surface area (Å²) in [5.41, 5.74) is 0. The minimum atomic E-state index is 0.475. The van der Waals surface area contributed by atoms with Crippen molar-refractivity contribution < 1.29 is 9.78 Å². The van der Waals surface area contributed by atoms with E-state index in [2.05, 4.69) is 22.4 Å². The highest BCUT2D eigenvalue weighted by molar-refractivity contribution is 7.84. The maximum atomic E-state index is 4.42. The lowest BCUT2D eigenvalue weighted by molar-refractivity contribution is -0.203. The van der Waals surface area contributed by atoms with Crippen molar-refractivity contribution >= 4 is 12.6 Å². The van der Waals surface area contributed by atoms with Crippen molar-refractivity contribution in [1.82, 2.24) is 0 Å². The number of allylic oxidation sites excluding steroid dienone is 2. The molecule has 0 aromatic rings. The van der Waals surface area contributed by atoms with Gasteiger partial charge in [0.05, 0.1) is 0 Å². The van der Waals surface area contributed by atoms with E-state index in [0.717, 1.165) is 0 Å². The van der Waals surface area contributed by atoms with Crippen molar-refractivity contribution in [2.75, 3.05) is 0 Å². The maximum absolute atomic E-state index is 4.42. The summed E-state index contributed by atoms with van der Waals surface area (Å²) in [7, 11) is 0. The molecule has 0 saturated carbocycles. The van der Waals surface area contributed by atoms with E-state index in [0.29, 0.717) is 5.09 Å². The molecule has 0 unspecified atom stereocenters. The monoisotopic (exact) mass is 116 g/mol. The predicted molar refractivity (Wildman–Crippen MR) is 28.4 cm³/mol. The molecule has 0 aromatic carbocycles. The van der Waals surface area contributed by atoms with Gasteiger partial charge >= 0.3 is 0 Å². The molecule has 1 aliphatic rings. The van der Waals surface area contributed by atoms with Gasteiger partial charge in [0.15, 0.2) is 0 Å². The van der Waals surface area contributed by atoms with Crippen molar-refractivity contribution in [1.29, 1.82) is 0 Å². The molecule has 0 amide bonds. The number of thiol groups is 1. The second-order valence-corrected chi connectivity index (χ2v) is 1.45. The SMILES string of the molecule is SC1=CC=COO1. The zero-order valence-corrected chi connectivity index (χ0v) is 4.39. The van der Waals surface area contributed by atoms with Gasteiger partial charge in [0.2, 0.25) is 5.09 Å². The van der Waals surface area contributed by atoms with E-state index in [1.54, 1.807) is 12.2 Å². The fourth-order valence-corrected chi connectivity index (χ4v) is 0.388. The summed E-state index contributed by atoms with van der Waals surface area (Å²) in [5, 5.41) is 0.475. The van der Waals surface area contributed by atoms with Gasteiger partial charge in [-0.05, 0) is 12.2 Å². The van der Waals surface area contributed by atoms with Crippen LogP contribution in [0.5, 0.6) is 0 Å². The summed E-state index contributed by atoms with van der Waals surface area (Å²) < 4.78 is 0. The highest BCUT2D eigenvalue weighted by Crippen LogP contribution is 2.07. The maximum Gasteiger partial charge on any atom is 0.209 e. The number of hydrogen-bond acceptors (Lipinski definition) is 3. The Hall–Kier alpha value is -0.570. The van der Waals surface area contributed by atoms with E-state index in [-0.39, 0.29) is 0 Å². The average Bonchev–Trinajstić information content (AvgIpc) is 1.69. The van der Waals surface area contributed by atoms with Gasteiger partial charge < -0.3 is 0 Å². The summed E-state index contributed by atoms with van der Waals surface area (Å²) in [6.07, 6.45) is 4.82. The number of rotatable bonds is 0. The Morgan fingerprint density at radius 3 is 2.71 bits per heavy atom. The van der Waals surface area contributed by atoms with E-state index in [1.165, 1.54) is 6.26 Å². The van der Waals surface area contributed by atoms with Gasteiger partial charge in [0, 0.05) is 0 Å². The Morgan fingerprint density at radius 2 is 2.43 bits per heavy atom. The highest BCUT2D eigenvalue weighted by atomic mass is 32.1. The van der Waals surface area contributed by atoms with Crippen LogP contribution in [0, 0.1) is 0 Å². The summed E-state index contributed by atoms with van der Waals surface area (Å²) in [6, 6.07) is 0. The molecule has 0 atom stereocenters. The molecule has 0 saturated heterocycles. The molecular weight excluding hydrogens is 112 g/mol. The normalized spacial score (nSPS) is 17.0. The van der Waals surface area contributed by atoms with Crippen molar-refractivity contribution in [3.63, 3.8) is 0 Å². The Balaban J connectivity index is 2.57. The van der Waals surface area contributed by atoms with Crippen LogP contribution < -0.4 is 0 Å². The van der Waals surface area contributed by atoms with Crippen LogP contribution in [-0.2, 0) is 9.78 Å². The first-order valence-corrected chi connectivity index (χ1v) is 2.23. The molecule has 0 fully saturated rings. The third-order valence-corrected chi connectivity index (χ3v) is 0.730. The lowest BCUT2D eigenvalue weighted by Gasteiger charge is -2.01. The molecule has 1 rings (SSSR count). The predicted octanol–water partition coefficient (Wildman–Crippen LogP) is 1.23. The minimum Gasteiger partial charge on any atom is -0.297 e. The minimum absolute atomic E-state index is 0.475. The fourth-order valence-electron chi connectivity index (χ4n) is 0.259. The van der Waals surface area contributed by atoms with Crippen LogP contribution in [0.2, 0.25) is 0 Å². The summed E-state index contributed by atoms with van der Waals surface area (Å²) >= 11 is 3.82. The number of hydrogen-bond donors (Lipinski definition) is 1. The second-order valence-electron chi connectivity index (χ2n) is 1.01. The van der Waals surface area contributed by atoms with Crippen LogP contribution in [0.25, 0.3) is 0 Å². The first-order chi connectivity index (χ1) is 3.39. The van der Waals surface area contributed by atoms with Crippen LogP contribution in [-0.4, -0.2) is 0 Å². The molecule has 0 N–H and O–H groups in total. The molecular formula is C4H4O2S. The highest BCUT2D eigenvalue weighted by Gasteiger charge is 1.90. The lowest BCUT2D eigenvalue weighted by Crippen LogP contribution is -1.85. The quantitative estimate of drug-likeness (QED) is 0.379. The van der Waals surface area contributed by atoms with Crippen LogP contribution in [0.1, 0.15) is 0 Å². The molecule has 38 valence electrons. The van der Waals surface area contributed by atoms with E-state index in [4.69, 9.17) is 0 Å². The van der Waals surface area contributed by atoms with E-state index in [1.807, 2.05) is 0 Å². The van der Waals surface area contributed by atoms with Gasteiger partial charge in [-0.15, -0.1) is 12.6 Å². The Labute approximate surface area is 46.8 Å². The van der Waals surface area contributed by atoms with Gasteiger partial charge in [-0.1, -0.05) is 0 Å². The standard InChI is InChI=1S/C4H4O2S/c7-4-2-1-3-5-6-4/h1-3,7H. The van der Waals surface area contributed by atoms with E-state index < -0.39 is 0 Å². The first-order valence-electron chi connectivity index (χ1n) is 1.79. The molecule has 0 aliphatic carbocycles. The van der Waals surface area contributed by atoms with Crippen LogP contribution >= 0.6 is 12.6 Å². The molecule has 2 nitrogen and oxygen atoms in total. The molecule has 0 spiro atoms. The van der Waals surface area contributed by atoms with Gasteiger partial charge in [-0.25, -0.2) is 0 Å². The lowest BCUT2D eigenvalue weighted by atomic mass is 10.6. The topological polar surface area (TPSA) is 18.5 Å². The molecule has 0 aromatic heterocycles. The summed E-state index contributed by atoms with van der Waals surface area (Å²) in [4.78, 5) is 8.77. The zero-order valence-electron chi connectivity index (χ0n) is 3.50. The van der Waals surface area contributed by atoms with Gasteiger partial charge in [-0.3, -0.25) is 9.78 Å². The van der Waals surface area contributed by atoms with Gasteiger partial charge in [-0.2, -0.15) is 0 Å². The molecule has 0 radical (unpaired) electrons. The first kappa shape index (κ1) is 4.59. The average molecular weight is 116 g/mol. The second kappa shape index (κ2) is 1.93. The third-order valence-electron chi connectivity index (χ3n) is 0.506.